The molecule has 0 aromatic carbocycles. The largest absolute Gasteiger partial charge is 0.313 e. The number of nitrogens with one attached hydrogen (secondary N) is 1. The second-order valence-electron chi connectivity index (χ2n) is 6.78. The van der Waals surface area contributed by atoms with Crippen LogP contribution in [-0.4, -0.2) is 36.6 Å². The standard InChI is InChI=1S/C16H32N2/c1-13(2)14(3)17-10-12-18-11-6-8-15-7-4-5-9-16(15)18/h13-17H,4-12H2,1-3H3/t14?,15-,16-/m1/s1. The highest BCUT2D eigenvalue weighted by atomic mass is 15.2. The van der Waals surface area contributed by atoms with E-state index in [1.54, 1.807) is 0 Å². The van der Waals surface area contributed by atoms with Gasteiger partial charge in [-0.05, 0) is 51.0 Å². The first-order valence-electron chi connectivity index (χ1n) is 8.16. The lowest BCUT2D eigenvalue weighted by Gasteiger charge is -2.44. The van der Waals surface area contributed by atoms with Gasteiger partial charge in [-0.15, -0.1) is 0 Å². The summed E-state index contributed by atoms with van der Waals surface area (Å²) in [6.07, 6.45) is 8.84. The lowest BCUT2D eigenvalue weighted by molar-refractivity contribution is 0.0610. The fourth-order valence-electron chi connectivity index (χ4n) is 3.68. The molecule has 2 nitrogen and oxygen atoms in total. The van der Waals surface area contributed by atoms with Crippen LogP contribution in [0.15, 0.2) is 0 Å². The molecule has 2 aliphatic rings. The van der Waals surface area contributed by atoms with Crippen LogP contribution in [0.2, 0.25) is 0 Å². The molecule has 0 amide bonds. The first kappa shape index (κ1) is 14.3. The Labute approximate surface area is 114 Å². The van der Waals surface area contributed by atoms with Crippen LogP contribution in [0, 0.1) is 11.8 Å². The highest BCUT2D eigenvalue weighted by Gasteiger charge is 2.32. The van der Waals surface area contributed by atoms with E-state index in [0.717, 1.165) is 17.9 Å². The molecule has 1 heterocycles. The molecular formula is C16H32N2. The Kier molecular flexibility index (Phi) is 5.50. The van der Waals surface area contributed by atoms with Gasteiger partial charge in [0.05, 0.1) is 0 Å². The first-order valence-corrected chi connectivity index (χ1v) is 8.16. The van der Waals surface area contributed by atoms with Crippen LogP contribution in [0.1, 0.15) is 59.3 Å². The minimum atomic E-state index is 0.650. The molecule has 1 aliphatic heterocycles. The zero-order chi connectivity index (χ0) is 13.0. The average molecular weight is 252 g/mol. The zero-order valence-corrected chi connectivity index (χ0v) is 12.6. The lowest BCUT2D eigenvalue weighted by Crippen LogP contribution is -2.49. The van der Waals surface area contributed by atoms with Crippen molar-refractivity contribution in [2.75, 3.05) is 19.6 Å². The maximum absolute atomic E-state index is 3.68. The van der Waals surface area contributed by atoms with Crippen molar-refractivity contribution in [1.29, 1.82) is 0 Å². The number of fused-ring (bicyclic) bond motifs is 1. The van der Waals surface area contributed by atoms with E-state index in [2.05, 4.69) is 31.0 Å². The van der Waals surface area contributed by atoms with Gasteiger partial charge >= 0.3 is 0 Å². The van der Waals surface area contributed by atoms with Gasteiger partial charge in [0.1, 0.15) is 0 Å². The molecule has 1 unspecified atom stereocenters. The van der Waals surface area contributed by atoms with Gasteiger partial charge in [-0.25, -0.2) is 0 Å². The van der Waals surface area contributed by atoms with Gasteiger partial charge in [0.25, 0.3) is 0 Å². The molecule has 0 aromatic heterocycles. The van der Waals surface area contributed by atoms with Crippen molar-refractivity contribution in [3.05, 3.63) is 0 Å². The number of rotatable bonds is 5. The van der Waals surface area contributed by atoms with Crippen molar-refractivity contribution in [2.24, 2.45) is 11.8 Å². The van der Waals surface area contributed by atoms with E-state index < -0.39 is 0 Å². The van der Waals surface area contributed by atoms with Crippen molar-refractivity contribution < 1.29 is 0 Å². The van der Waals surface area contributed by atoms with E-state index in [9.17, 15) is 0 Å². The average Bonchev–Trinajstić information content (AvgIpc) is 2.38. The molecule has 0 radical (unpaired) electrons. The smallest absolute Gasteiger partial charge is 0.0124 e. The Bertz CT molecular complexity index is 237. The van der Waals surface area contributed by atoms with Crippen LogP contribution < -0.4 is 5.32 Å². The van der Waals surface area contributed by atoms with E-state index in [0.29, 0.717) is 6.04 Å². The molecule has 2 rings (SSSR count). The molecule has 1 N–H and O–H groups in total. The number of piperidine rings is 1. The minimum absolute atomic E-state index is 0.650. The Morgan fingerprint density at radius 2 is 1.78 bits per heavy atom. The minimum Gasteiger partial charge on any atom is -0.313 e. The fraction of sp³-hybridized carbons (Fsp3) is 1.00. The Morgan fingerprint density at radius 1 is 1.06 bits per heavy atom. The molecule has 0 spiro atoms. The van der Waals surface area contributed by atoms with Crippen LogP contribution in [0.5, 0.6) is 0 Å². The molecule has 1 saturated heterocycles. The summed E-state index contributed by atoms with van der Waals surface area (Å²) in [5, 5.41) is 3.68. The molecule has 18 heavy (non-hydrogen) atoms. The maximum Gasteiger partial charge on any atom is 0.0124 e. The van der Waals surface area contributed by atoms with Crippen molar-refractivity contribution in [2.45, 2.75) is 71.4 Å². The van der Waals surface area contributed by atoms with E-state index in [4.69, 9.17) is 0 Å². The highest BCUT2D eigenvalue weighted by Crippen LogP contribution is 2.34. The predicted molar refractivity (Wildman–Crippen MR) is 78.9 cm³/mol. The summed E-state index contributed by atoms with van der Waals surface area (Å²) in [6.45, 7) is 10.7. The summed E-state index contributed by atoms with van der Waals surface area (Å²) < 4.78 is 0. The molecule has 2 heteroatoms. The van der Waals surface area contributed by atoms with Gasteiger partial charge in [-0.2, -0.15) is 0 Å². The normalized spacial score (nSPS) is 31.3. The lowest BCUT2D eigenvalue weighted by atomic mass is 9.78. The molecule has 3 atom stereocenters. The SMILES string of the molecule is CC(C)C(C)NCCN1CCC[C@H]2CCCC[C@H]21. The third-order valence-corrected chi connectivity index (χ3v) is 5.22. The van der Waals surface area contributed by atoms with Gasteiger partial charge < -0.3 is 5.32 Å². The summed E-state index contributed by atoms with van der Waals surface area (Å²) in [4.78, 5) is 2.79. The fourth-order valence-corrected chi connectivity index (χ4v) is 3.68. The summed E-state index contributed by atoms with van der Waals surface area (Å²) in [7, 11) is 0. The molecule has 0 aromatic rings. The third kappa shape index (κ3) is 3.71. The molecule has 2 fully saturated rings. The van der Waals surface area contributed by atoms with E-state index in [-0.39, 0.29) is 0 Å². The second-order valence-corrected chi connectivity index (χ2v) is 6.78. The number of likely N-dealkylation sites (tertiary alicyclic amines) is 1. The summed E-state index contributed by atoms with van der Waals surface area (Å²) in [6, 6.07) is 1.57. The van der Waals surface area contributed by atoms with Gasteiger partial charge in [-0.3, -0.25) is 4.90 Å². The number of hydrogen-bond acceptors (Lipinski definition) is 2. The number of nitrogens with zero attached hydrogens (tertiary/aromatic N) is 1. The van der Waals surface area contributed by atoms with Crippen LogP contribution in [0.4, 0.5) is 0 Å². The monoisotopic (exact) mass is 252 g/mol. The van der Waals surface area contributed by atoms with E-state index >= 15 is 0 Å². The van der Waals surface area contributed by atoms with Crippen molar-refractivity contribution >= 4 is 0 Å². The number of hydrogen-bond donors (Lipinski definition) is 1. The van der Waals surface area contributed by atoms with Gasteiger partial charge in [0.15, 0.2) is 0 Å². The molecule has 1 aliphatic carbocycles. The molecule has 0 bridgehead atoms. The first-order chi connectivity index (χ1) is 8.68. The summed E-state index contributed by atoms with van der Waals surface area (Å²) >= 11 is 0. The Morgan fingerprint density at radius 3 is 2.56 bits per heavy atom. The topological polar surface area (TPSA) is 15.3 Å². The second kappa shape index (κ2) is 6.91. The summed E-state index contributed by atoms with van der Waals surface area (Å²) in [5.41, 5.74) is 0. The van der Waals surface area contributed by atoms with Crippen LogP contribution >= 0.6 is 0 Å². The molecule has 106 valence electrons. The third-order valence-electron chi connectivity index (χ3n) is 5.22. The Balaban J connectivity index is 1.74. The maximum atomic E-state index is 3.68. The van der Waals surface area contributed by atoms with E-state index in [1.165, 1.54) is 58.2 Å². The van der Waals surface area contributed by atoms with Crippen molar-refractivity contribution in [1.82, 2.24) is 10.2 Å². The van der Waals surface area contributed by atoms with Crippen LogP contribution in [-0.2, 0) is 0 Å². The molecule has 1 saturated carbocycles. The van der Waals surface area contributed by atoms with Crippen LogP contribution in [0.3, 0.4) is 0 Å². The predicted octanol–water partition coefficient (Wildman–Crippen LogP) is 3.28. The molecular weight excluding hydrogens is 220 g/mol. The van der Waals surface area contributed by atoms with Gasteiger partial charge in [0, 0.05) is 25.2 Å². The Hall–Kier alpha value is -0.0800. The van der Waals surface area contributed by atoms with E-state index in [1.807, 2.05) is 0 Å². The van der Waals surface area contributed by atoms with Crippen LogP contribution in [0.25, 0.3) is 0 Å². The summed E-state index contributed by atoms with van der Waals surface area (Å²) in [5.74, 6) is 1.77. The zero-order valence-electron chi connectivity index (χ0n) is 12.6. The highest BCUT2D eigenvalue weighted by molar-refractivity contribution is 4.87. The quantitative estimate of drug-likeness (QED) is 0.808. The van der Waals surface area contributed by atoms with Gasteiger partial charge in [-0.1, -0.05) is 26.7 Å². The van der Waals surface area contributed by atoms with Crippen molar-refractivity contribution in [3.63, 3.8) is 0 Å². The van der Waals surface area contributed by atoms with Crippen molar-refractivity contribution in [3.8, 4) is 0 Å². The van der Waals surface area contributed by atoms with Gasteiger partial charge in [0.2, 0.25) is 0 Å².